The number of rotatable bonds is 3. The Kier molecular flexibility index (Phi) is 3.53. The van der Waals surface area contributed by atoms with E-state index in [0.29, 0.717) is 16.4 Å². The van der Waals surface area contributed by atoms with Crippen molar-refractivity contribution in [2.75, 3.05) is 5.32 Å². The van der Waals surface area contributed by atoms with Crippen LogP contribution in [0.4, 0.5) is 5.13 Å². The Hall–Kier alpha value is -1.95. The third-order valence-corrected chi connectivity index (χ3v) is 3.88. The lowest BCUT2D eigenvalue weighted by atomic mass is 10.2. The quantitative estimate of drug-likeness (QED) is 0.877. The van der Waals surface area contributed by atoms with Crippen molar-refractivity contribution in [3.05, 3.63) is 34.1 Å². The topological polar surface area (TPSA) is 64.0 Å². The Morgan fingerprint density at radius 3 is 2.53 bits per heavy atom. The Labute approximate surface area is 115 Å². The van der Waals surface area contributed by atoms with Gasteiger partial charge in [-0.05, 0) is 26.8 Å². The molecule has 0 aliphatic rings. The van der Waals surface area contributed by atoms with Crippen LogP contribution in [0.5, 0.6) is 0 Å². The summed E-state index contributed by atoms with van der Waals surface area (Å²) < 4.78 is 1.64. The number of aryl methyl sites for hydroxylation is 3. The zero-order valence-corrected chi connectivity index (χ0v) is 12.1. The lowest BCUT2D eigenvalue weighted by Gasteiger charge is -2.02. The van der Waals surface area contributed by atoms with Gasteiger partial charge in [-0.1, -0.05) is 0 Å². The van der Waals surface area contributed by atoms with Crippen LogP contribution in [0.3, 0.4) is 0 Å². The number of nitrogens with zero attached hydrogens (tertiary/aromatic N) is 2. The van der Waals surface area contributed by atoms with Crippen LogP contribution in [0.25, 0.3) is 0 Å². The van der Waals surface area contributed by atoms with Gasteiger partial charge in [0.2, 0.25) is 0 Å². The molecule has 0 fully saturated rings. The minimum Gasteiger partial charge on any atom is -0.346 e. The van der Waals surface area contributed by atoms with E-state index in [4.69, 9.17) is 0 Å². The zero-order valence-electron chi connectivity index (χ0n) is 11.3. The fourth-order valence-electron chi connectivity index (χ4n) is 1.67. The normalized spacial score (nSPS) is 10.5. The van der Waals surface area contributed by atoms with Gasteiger partial charge in [0.05, 0.1) is 5.69 Å². The second kappa shape index (κ2) is 4.97. The van der Waals surface area contributed by atoms with Crippen LogP contribution in [0.2, 0.25) is 0 Å². The number of Topliss-reactive ketones (excluding diaryl/α,β-unsaturated/α-hetero) is 1. The number of nitrogens with one attached hydrogen (secondary N) is 1. The number of carbonyl (C=O) groups excluding carboxylic acids is 2. The highest BCUT2D eigenvalue weighted by atomic mass is 32.1. The number of aromatic nitrogens is 2. The number of thiazole rings is 1. The lowest BCUT2D eigenvalue weighted by Crippen LogP contribution is -2.15. The van der Waals surface area contributed by atoms with Gasteiger partial charge in [0, 0.05) is 23.7 Å². The van der Waals surface area contributed by atoms with Crippen LogP contribution in [0.15, 0.2) is 12.3 Å². The molecule has 2 heterocycles. The molecule has 5 nitrogen and oxygen atoms in total. The Morgan fingerprint density at radius 1 is 1.37 bits per heavy atom. The lowest BCUT2D eigenvalue weighted by molar-refractivity contribution is 0.101. The smallest absolute Gasteiger partial charge is 0.274 e. The largest absolute Gasteiger partial charge is 0.346 e. The molecule has 0 atom stereocenters. The van der Waals surface area contributed by atoms with Crippen LogP contribution in [0, 0.1) is 13.8 Å². The van der Waals surface area contributed by atoms with E-state index < -0.39 is 0 Å². The summed E-state index contributed by atoms with van der Waals surface area (Å²) >= 11 is 1.44. The number of amides is 1. The van der Waals surface area contributed by atoms with Crippen molar-refractivity contribution in [3.63, 3.8) is 0 Å². The molecule has 0 aromatic carbocycles. The summed E-state index contributed by atoms with van der Waals surface area (Å²) in [5.74, 6) is -0.320. The second-order valence-electron chi connectivity index (χ2n) is 4.40. The highest BCUT2D eigenvalue weighted by Gasteiger charge is 2.15. The maximum atomic E-state index is 12.1. The van der Waals surface area contributed by atoms with Gasteiger partial charge in [-0.3, -0.25) is 14.9 Å². The van der Waals surface area contributed by atoms with E-state index in [1.165, 1.54) is 18.3 Å². The van der Waals surface area contributed by atoms with E-state index in [1.807, 2.05) is 13.8 Å². The predicted octanol–water partition coefficient (Wildman–Crippen LogP) is 2.55. The first kappa shape index (κ1) is 13.5. The van der Waals surface area contributed by atoms with E-state index in [0.717, 1.165) is 10.6 Å². The van der Waals surface area contributed by atoms with E-state index in [2.05, 4.69) is 10.3 Å². The van der Waals surface area contributed by atoms with Crippen molar-refractivity contribution in [3.8, 4) is 0 Å². The summed E-state index contributed by atoms with van der Waals surface area (Å²) in [6.07, 6.45) is 1.65. The van der Waals surface area contributed by atoms with Crippen LogP contribution in [-0.2, 0) is 7.05 Å². The van der Waals surface area contributed by atoms with Crippen molar-refractivity contribution >= 4 is 28.2 Å². The molecule has 0 radical (unpaired) electrons. The maximum absolute atomic E-state index is 12.1. The highest BCUT2D eigenvalue weighted by molar-refractivity contribution is 7.15. The highest BCUT2D eigenvalue weighted by Crippen LogP contribution is 2.22. The first-order valence-electron chi connectivity index (χ1n) is 5.81. The van der Waals surface area contributed by atoms with Crippen molar-refractivity contribution in [1.29, 1.82) is 0 Å². The van der Waals surface area contributed by atoms with Gasteiger partial charge < -0.3 is 4.57 Å². The molecule has 19 heavy (non-hydrogen) atoms. The average molecular weight is 277 g/mol. The van der Waals surface area contributed by atoms with E-state index in [1.54, 1.807) is 23.9 Å². The summed E-state index contributed by atoms with van der Waals surface area (Å²) in [6, 6.07) is 1.59. The average Bonchev–Trinajstić information content (AvgIpc) is 2.83. The van der Waals surface area contributed by atoms with Crippen LogP contribution < -0.4 is 5.32 Å². The minimum atomic E-state index is -0.260. The molecule has 0 saturated carbocycles. The third kappa shape index (κ3) is 2.73. The molecule has 6 heteroatoms. The summed E-state index contributed by atoms with van der Waals surface area (Å²) in [4.78, 5) is 28.7. The van der Waals surface area contributed by atoms with Crippen molar-refractivity contribution in [2.24, 2.45) is 7.05 Å². The first-order valence-corrected chi connectivity index (χ1v) is 6.63. The minimum absolute atomic E-state index is 0.0596. The van der Waals surface area contributed by atoms with E-state index >= 15 is 0 Å². The monoisotopic (exact) mass is 277 g/mol. The van der Waals surface area contributed by atoms with Gasteiger partial charge in [-0.15, -0.1) is 11.3 Å². The van der Waals surface area contributed by atoms with Gasteiger partial charge in [0.25, 0.3) is 5.91 Å². The molecule has 0 aliphatic carbocycles. The number of carbonyl (C=O) groups is 2. The molecular formula is C13H15N3O2S. The second-order valence-corrected chi connectivity index (χ2v) is 5.60. The summed E-state index contributed by atoms with van der Waals surface area (Å²) in [5.41, 5.74) is 1.88. The molecule has 0 unspecified atom stereocenters. The van der Waals surface area contributed by atoms with Gasteiger partial charge in [0.1, 0.15) is 5.69 Å². The summed E-state index contributed by atoms with van der Waals surface area (Å²) in [6.45, 7) is 5.33. The Bertz CT molecular complexity index is 635. The molecule has 2 rings (SSSR count). The van der Waals surface area contributed by atoms with Gasteiger partial charge in [0.15, 0.2) is 10.9 Å². The Morgan fingerprint density at radius 2 is 2.05 bits per heavy atom. The third-order valence-electron chi connectivity index (χ3n) is 2.89. The molecule has 100 valence electrons. The van der Waals surface area contributed by atoms with E-state index in [9.17, 15) is 9.59 Å². The molecule has 1 amide bonds. The number of hydrogen-bond donors (Lipinski definition) is 1. The number of ketones is 1. The fourth-order valence-corrected chi connectivity index (χ4v) is 2.48. The summed E-state index contributed by atoms with van der Waals surface area (Å²) in [5, 5.41) is 3.32. The van der Waals surface area contributed by atoms with Crippen molar-refractivity contribution in [2.45, 2.75) is 20.8 Å². The molecule has 0 aliphatic heterocycles. The summed E-state index contributed by atoms with van der Waals surface area (Å²) in [7, 11) is 1.74. The van der Waals surface area contributed by atoms with Gasteiger partial charge >= 0.3 is 0 Å². The molecule has 0 spiro atoms. The molecule has 0 saturated heterocycles. The standard InChI is InChI=1S/C13H15N3O2S/c1-7-9(3)19-13(14-7)15-12(18)11-5-10(8(2)17)6-16(11)4/h5-6H,1-4H3,(H,14,15,18). The molecule has 1 N–H and O–H groups in total. The zero-order chi connectivity index (χ0) is 14.2. The van der Waals surface area contributed by atoms with Gasteiger partial charge in [-0.2, -0.15) is 0 Å². The van der Waals surface area contributed by atoms with Crippen LogP contribution in [0.1, 0.15) is 38.3 Å². The number of hydrogen-bond acceptors (Lipinski definition) is 4. The van der Waals surface area contributed by atoms with Crippen LogP contribution >= 0.6 is 11.3 Å². The van der Waals surface area contributed by atoms with E-state index in [-0.39, 0.29) is 11.7 Å². The first-order chi connectivity index (χ1) is 8.88. The molecule has 2 aromatic heterocycles. The Balaban J connectivity index is 2.22. The van der Waals surface area contributed by atoms with Gasteiger partial charge in [-0.25, -0.2) is 4.98 Å². The van der Waals surface area contributed by atoms with Crippen molar-refractivity contribution < 1.29 is 9.59 Å². The fraction of sp³-hybridized carbons (Fsp3) is 0.308. The molecular weight excluding hydrogens is 262 g/mol. The van der Waals surface area contributed by atoms with Crippen molar-refractivity contribution in [1.82, 2.24) is 9.55 Å². The van der Waals surface area contributed by atoms with Crippen LogP contribution in [-0.4, -0.2) is 21.2 Å². The maximum Gasteiger partial charge on any atom is 0.274 e. The number of anilines is 1. The molecule has 2 aromatic rings. The SMILES string of the molecule is CC(=O)c1cc(C(=O)Nc2nc(C)c(C)s2)n(C)c1. The molecule has 0 bridgehead atoms. The predicted molar refractivity (Wildman–Crippen MR) is 75.0 cm³/mol.